The first-order chi connectivity index (χ1) is 13.0. The molecule has 8 heteroatoms. The fourth-order valence-electron chi connectivity index (χ4n) is 2.52. The van der Waals surface area contributed by atoms with Crippen molar-refractivity contribution < 1.29 is 18.4 Å². The summed E-state index contributed by atoms with van der Waals surface area (Å²) >= 11 is 0. The van der Waals surface area contributed by atoms with Crippen LogP contribution < -0.4 is 10.9 Å². The topological polar surface area (TPSA) is 76.0 Å². The van der Waals surface area contributed by atoms with Crippen molar-refractivity contribution in [3.05, 3.63) is 83.2 Å². The Hall–Kier alpha value is -3.55. The van der Waals surface area contributed by atoms with Crippen molar-refractivity contribution >= 4 is 11.8 Å². The minimum Gasteiger partial charge on any atom is -0.273 e. The van der Waals surface area contributed by atoms with Crippen molar-refractivity contribution in [3.63, 3.8) is 0 Å². The molecule has 1 aromatic heterocycles. The zero-order valence-electron chi connectivity index (χ0n) is 14.4. The van der Waals surface area contributed by atoms with Gasteiger partial charge in [-0.1, -0.05) is 24.3 Å². The van der Waals surface area contributed by atoms with Crippen LogP contribution in [-0.2, 0) is 11.2 Å². The van der Waals surface area contributed by atoms with Crippen molar-refractivity contribution in [1.29, 1.82) is 0 Å². The van der Waals surface area contributed by atoms with Crippen LogP contribution >= 0.6 is 0 Å². The van der Waals surface area contributed by atoms with E-state index >= 15 is 0 Å². The van der Waals surface area contributed by atoms with Gasteiger partial charge in [0.2, 0.25) is 5.91 Å². The number of amides is 2. The molecular formula is C19H16F2N4O2. The molecule has 0 saturated carbocycles. The summed E-state index contributed by atoms with van der Waals surface area (Å²) in [4.78, 5) is 24.2. The van der Waals surface area contributed by atoms with Gasteiger partial charge in [-0.2, -0.15) is 5.10 Å². The zero-order valence-corrected chi connectivity index (χ0v) is 14.4. The third kappa shape index (κ3) is 4.17. The van der Waals surface area contributed by atoms with Crippen LogP contribution in [0.15, 0.2) is 54.7 Å². The number of hydrogen-bond donors (Lipinski definition) is 2. The normalized spacial score (nSPS) is 10.5. The Morgan fingerprint density at radius 2 is 1.74 bits per heavy atom. The number of rotatable bonds is 4. The van der Waals surface area contributed by atoms with Crippen LogP contribution in [0, 0.1) is 18.6 Å². The summed E-state index contributed by atoms with van der Waals surface area (Å²) in [6.45, 7) is 1.62. The van der Waals surface area contributed by atoms with Crippen LogP contribution in [0.3, 0.4) is 0 Å². The molecule has 0 aliphatic heterocycles. The van der Waals surface area contributed by atoms with Gasteiger partial charge in [-0.3, -0.25) is 20.4 Å². The molecule has 0 fully saturated rings. The molecule has 138 valence electrons. The second-order valence-corrected chi connectivity index (χ2v) is 5.81. The lowest BCUT2D eigenvalue weighted by atomic mass is 10.1. The van der Waals surface area contributed by atoms with Gasteiger partial charge in [-0.05, 0) is 36.8 Å². The minimum absolute atomic E-state index is 0.0198. The van der Waals surface area contributed by atoms with E-state index in [-0.39, 0.29) is 17.7 Å². The van der Waals surface area contributed by atoms with E-state index in [1.807, 2.05) is 0 Å². The van der Waals surface area contributed by atoms with Gasteiger partial charge in [0.05, 0.1) is 23.9 Å². The Morgan fingerprint density at radius 1 is 1.04 bits per heavy atom. The van der Waals surface area contributed by atoms with E-state index in [9.17, 15) is 18.4 Å². The molecule has 3 rings (SSSR count). The molecular weight excluding hydrogens is 354 g/mol. The molecule has 2 amide bonds. The van der Waals surface area contributed by atoms with Crippen LogP contribution in [0.1, 0.15) is 21.6 Å². The highest BCUT2D eigenvalue weighted by Gasteiger charge is 2.17. The third-order valence-electron chi connectivity index (χ3n) is 3.93. The lowest BCUT2D eigenvalue weighted by Gasteiger charge is -2.08. The summed E-state index contributed by atoms with van der Waals surface area (Å²) < 4.78 is 28.1. The SMILES string of the molecule is Cc1c(C(=O)NNC(=O)Cc2ccc(F)cc2)cnn1-c1ccccc1F. The van der Waals surface area contributed by atoms with Crippen LogP contribution in [0.5, 0.6) is 0 Å². The summed E-state index contributed by atoms with van der Waals surface area (Å²) in [5, 5.41) is 4.04. The number of hydrogen-bond acceptors (Lipinski definition) is 3. The summed E-state index contributed by atoms with van der Waals surface area (Å²) in [6.07, 6.45) is 1.28. The number of carbonyl (C=O) groups excluding carboxylic acids is 2. The molecule has 3 aromatic rings. The van der Waals surface area contributed by atoms with Crippen molar-refractivity contribution in [3.8, 4) is 5.69 Å². The lowest BCUT2D eigenvalue weighted by Crippen LogP contribution is -2.42. The van der Waals surface area contributed by atoms with Gasteiger partial charge < -0.3 is 0 Å². The Labute approximate surface area is 153 Å². The average Bonchev–Trinajstić information content (AvgIpc) is 3.03. The van der Waals surface area contributed by atoms with E-state index in [0.29, 0.717) is 11.3 Å². The minimum atomic E-state index is -0.581. The standard InChI is InChI=1S/C19H16F2N4O2/c1-12-15(11-22-25(12)17-5-3-2-4-16(17)21)19(27)24-23-18(26)10-13-6-8-14(20)9-7-13/h2-9,11H,10H2,1H3,(H,23,26)(H,24,27). The summed E-state index contributed by atoms with van der Waals surface area (Å²) in [5.41, 5.74) is 6.02. The van der Waals surface area contributed by atoms with Gasteiger partial charge in [0.1, 0.15) is 17.3 Å². The quantitative estimate of drug-likeness (QED) is 0.693. The van der Waals surface area contributed by atoms with E-state index in [4.69, 9.17) is 0 Å². The number of benzene rings is 2. The van der Waals surface area contributed by atoms with Crippen molar-refractivity contribution in [1.82, 2.24) is 20.6 Å². The largest absolute Gasteiger partial charge is 0.273 e. The fraction of sp³-hybridized carbons (Fsp3) is 0.105. The molecule has 0 unspecified atom stereocenters. The highest BCUT2D eigenvalue weighted by Crippen LogP contribution is 2.16. The molecule has 0 aliphatic carbocycles. The molecule has 0 saturated heterocycles. The summed E-state index contributed by atoms with van der Waals surface area (Å²) in [5.74, 6) is -1.91. The van der Waals surface area contributed by atoms with Gasteiger partial charge in [-0.15, -0.1) is 0 Å². The Bertz CT molecular complexity index is 984. The molecule has 1 heterocycles. The van der Waals surface area contributed by atoms with E-state index in [0.717, 1.165) is 0 Å². The van der Waals surface area contributed by atoms with Gasteiger partial charge in [0.15, 0.2) is 0 Å². The maximum atomic E-state index is 13.9. The highest BCUT2D eigenvalue weighted by molar-refractivity contribution is 5.96. The maximum absolute atomic E-state index is 13.9. The number of aromatic nitrogens is 2. The number of halogens is 2. The number of hydrazine groups is 1. The number of nitrogens with zero attached hydrogens (tertiary/aromatic N) is 2. The molecule has 0 radical (unpaired) electrons. The third-order valence-corrected chi connectivity index (χ3v) is 3.93. The molecule has 2 N–H and O–H groups in total. The molecule has 0 atom stereocenters. The van der Waals surface area contributed by atoms with Crippen molar-refractivity contribution in [2.75, 3.05) is 0 Å². The molecule has 0 spiro atoms. The Morgan fingerprint density at radius 3 is 2.44 bits per heavy atom. The van der Waals surface area contributed by atoms with Gasteiger partial charge in [-0.25, -0.2) is 13.5 Å². The first-order valence-corrected chi connectivity index (χ1v) is 8.09. The molecule has 0 bridgehead atoms. The van der Waals surface area contributed by atoms with Crippen LogP contribution in [0.4, 0.5) is 8.78 Å². The Kier molecular flexibility index (Phi) is 5.25. The van der Waals surface area contributed by atoms with E-state index < -0.39 is 23.4 Å². The summed E-state index contributed by atoms with van der Waals surface area (Å²) in [7, 11) is 0. The molecule has 2 aromatic carbocycles. The van der Waals surface area contributed by atoms with E-state index in [1.54, 1.807) is 25.1 Å². The van der Waals surface area contributed by atoms with Gasteiger partial charge in [0.25, 0.3) is 5.91 Å². The fourth-order valence-corrected chi connectivity index (χ4v) is 2.52. The first kappa shape index (κ1) is 18.2. The van der Waals surface area contributed by atoms with Crippen molar-refractivity contribution in [2.45, 2.75) is 13.3 Å². The molecule has 6 nitrogen and oxygen atoms in total. The predicted molar refractivity (Wildman–Crippen MR) is 94.0 cm³/mol. The second kappa shape index (κ2) is 7.77. The predicted octanol–water partition coefficient (Wildman–Crippen LogP) is 2.46. The van der Waals surface area contributed by atoms with E-state index in [2.05, 4.69) is 16.0 Å². The first-order valence-electron chi connectivity index (χ1n) is 8.09. The number of para-hydroxylation sites is 1. The van der Waals surface area contributed by atoms with Crippen molar-refractivity contribution in [2.24, 2.45) is 0 Å². The number of carbonyl (C=O) groups is 2. The monoisotopic (exact) mass is 370 g/mol. The Balaban J connectivity index is 1.64. The van der Waals surface area contributed by atoms with Gasteiger partial charge >= 0.3 is 0 Å². The zero-order chi connectivity index (χ0) is 19.4. The highest BCUT2D eigenvalue weighted by atomic mass is 19.1. The molecule has 27 heavy (non-hydrogen) atoms. The summed E-state index contributed by atoms with van der Waals surface area (Å²) in [6, 6.07) is 11.5. The van der Waals surface area contributed by atoms with Crippen LogP contribution in [0.2, 0.25) is 0 Å². The maximum Gasteiger partial charge on any atom is 0.273 e. The number of nitrogens with one attached hydrogen (secondary N) is 2. The smallest absolute Gasteiger partial charge is 0.273 e. The molecule has 0 aliphatic rings. The second-order valence-electron chi connectivity index (χ2n) is 5.81. The average molecular weight is 370 g/mol. The van der Waals surface area contributed by atoms with E-state index in [1.165, 1.54) is 41.2 Å². The van der Waals surface area contributed by atoms with Crippen LogP contribution in [-0.4, -0.2) is 21.6 Å². The lowest BCUT2D eigenvalue weighted by molar-refractivity contribution is -0.121. The van der Waals surface area contributed by atoms with Gasteiger partial charge in [0, 0.05) is 0 Å². The van der Waals surface area contributed by atoms with Crippen LogP contribution in [0.25, 0.3) is 5.69 Å².